The first kappa shape index (κ1) is 16.5. The molecule has 0 bridgehead atoms. The summed E-state index contributed by atoms with van der Waals surface area (Å²) in [6.07, 6.45) is 7.44. The molecule has 0 radical (unpaired) electrons. The van der Waals surface area contributed by atoms with Crippen LogP contribution in [0.4, 0.5) is 0 Å². The second-order valence-corrected chi connectivity index (χ2v) is 7.92. The molecule has 25 heavy (non-hydrogen) atoms. The maximum Gasteiger partial charge on any atom is 0.282 e. The summed E-state index contributed by atoms with van der Waals surface area (Å²) in [5.74, 6) is 0.696. The lowest BCUT2D eigenvalue weighted by Crippen LogP contribution is -2.18. The molecular formula is C18H16BrN3O2S. The van der Waals surface area contributed by atoms with Crippen LogP contribution in [-0.2, 0) is 12.8 Å². The molecule has 0 unspecified atom stereocenters. The Morgan fingerprint density at radius 2 is 2.20 bits per heavy atom. The van der Waals surface area contributed by atoms with Crippen LogP contribution < -0.4 is 10.3 Å². The molecule has 3 aromatic rings. The van der Waals surface area contributed by atoms with Crippen molar-refractivity contribution in [2.75, 3.05) is 7.11 Å². The summed E-state index contributed by atoms with van der Waals surface area (Å²) < 4.78 is 7.57. The van der Waals surface area contributed by atoms with Crippen molar-refractivity contribution in [1.82, 2.24) is 9.66 Å². The van der Waals surface area contributed by atoms with E-state index in [1.54, 1.807) is 24.7 Å². The zero-order chi connectivity index (χ0) is 17.4. The molecule has 0 N–H and O–H groups in total. The Hall–Kier alpha value is -1.99. The van der Waals surface area contributed by atoms with Gasteiger partial charge in [0, 0.05) is 14.9 Å². The first-order valence-electron chi connectivity index (χ1n) is 8.07. The van der Waals surface area contributed by atoms with Crippen molar-refractivity contribution in [2.24, 2.45) is 5.10 Å². The zero-order valence-corrected chi connectivity index (χ0v) is 16.1. The van der Waals surface area contributed by atoms with Crippen LogP contribution in [0.1, 0.15) is 28.8 Å². The van der Waals surface area contributed by atoms with Gasteiger partial charge in [0.15, 0.2) is 0 Å². The predicted molar refractivity (Wildman–Crippen MR) is 104 cm³/mol. The SMILES string of the molecule is COc1ccc(Br)cc1C=Nn1cnc2sc3c(c2c1=O)CCCC3. The Balaban J connectivity index is 1.79. The fraction of sp³-hybridized carbons (Fsp3) is 0.278. The Bertz CT molecular complexity index is 1040. The minimum absolute atomic E-state index is 0.102. The molecule has 1 aromatic carbocycles. The second kappa shape index (κ2) is 6.72. The van der Waals surface area contributed by atoms with Crippen LogP contribution in [0, 0.1) is 0 Å². The van der Waals surface area contributed by atoms with Crippen molar-refractivity contribution in [2.45, 2.75) is 25.7 Å². The number of hydrogen-bond acceptors (Lipinski definition) is 5. The van der Waals surface area contributed by atoms with Gasteiger partial charge < -0.3 is 4.74 Å². The van der Waals surface area contributed by atoms with E-state index < -0.39 is 0 Å². The van der Waals surface area contributed by atoms with E-state index in [4.69, 9.17) is 4.74 Å². The fourth-order valence-electron chi connectivity index (χ4n) is 3.15. The Labute approximate surface area is 157 Å². The molecule has 0 saturated carbocycles. The number of ether oxygens (including phenoxy) is 1. The molecule has 0 atom stereocenters. The van der Waals surface area contributed by atoms with Gasteiger partial charge in [0.2, 0.25) is 0 Å². The predicted octanol–water partition coefficient (Wildman–Crippen LogP) is 3.99. The molecule has 0 saturated heterocycles. The summed E-state index contributed by atoms with van der Waals surface area (Å²) in [7, 11) is 1.61. The van der Waals surface area contributed by atoms with Crippen LogP contribution in [0.15, 0.2) is 38.9 Å². The van der Waals surface area contributed by atoms with Gasteiger partial charge in [0.1, 0.15) is 16.9 Å². The van der Waals surface area contributed by atoms with Gasteiger partial charge in [-0.25, -0.2) is 4.98 Å². The average molecular weight is 418 g/mol. The molecule has 2 heterocycles. The van der Waals surface area contributed by atoms with E-state index >= 15 is 0 Å². The molecular weight excluding hydrogens is 402 g/mol. The van der Waals surface area contributed by atoms with Crippen molar-refractivity contribution < 1.29 is 4.74 Å². The molecule has 128 valence electrons. The largest absolute Gasteiger partial charge is 0.496 e. The molecule has 1 aliphatic rings. The monoisotopic (exact) mass is 417 g/mol. The Morgan fingerprint density at radius 3 is 3.04 bits per heavy atom. The molecule has 7 heteroatoms. The lowest BCUT2D eigenvalue weighted by molar-refractivity contribution is 0.414. The number of aromatic nitrogens is 2. The molecule has 5 nitrogen and oxygen atoms in total. The van der Waals surface area contributed by atoms with Crippen LogP contribution >= 0.6 is 27.3 Å². The smallest absolute Gasteiger partial charge is 0.282 e. The van der Waals surface area contributed by atoms with Crippen molar-refractivity contribution >= 4 is 43.7 Å². The highest BCUT2D eigenvalue weighted by Crippen LogP contribution is 2.33. The van der Waals surface area contributed by atoms with Gasteiger partial charge in [-0.05, 0) is 49.4 Å². The first-order chi connectivity index (χ1) is 12.2. The van der Waals surface area contributed by atoms with Gasteiger partial charge in [0.25, 0.3) is 5.56 Å². The van der Waals surface area contributed by atoms with Gasteiger partial charge in [-0.2, -0.15) is 9.78 Å². The van der Waals surface area contributed by atoms with Crippen LogP contribution in [0.2, 0.25) is 0 Å². The van der Waals surface area contributed by atoms with E-state index in [9.17, 15) is 4.79 Å². The molecule has 4 rings (SSSR count). The molecule has 2 aromatic heterocycles. The van der Waals surface area contributed by atoms with E-state index in [0.717, 1.165) is 39.5 Å². The minimum Gasteiger partial charge on any atom is -0.496 e. The van der Waals surface area contributed by atoms with E-state index in [1.165, 1.54) is 27.9 Å². The summed E-state index contributed by atoms with van der Waals surface area (Å²) in [6, 6.07) is 5.64. The van der Waals surface area contributed by atoms with Crippen LogP contribution in [0.3, 0.4) is 0 Å². The first-order valence-corrected chi connectivity index (χ1v) is 9.68. The van der Waals surface area contributed by atoms with Crippen molar-refractivity contribution in [3.63, 3.8) is 0 Å². The van der Waals surface area contributed by atoms with Crippen LogP contribution in [-0.4, -0.2) is 23.0 Å². The summed E-state index contributed by atoms with van der Waals surface area (Å²) in [6.45, 7) is 0. The lowest BCUT2D eigenvalue weighted by Gasteiger charge is -2.09. The number of fused-ring (bicyclic) bond motifs is 3. The van der Waals surface area contributed by atoms with E-state index in [0.29, 0.717) is 5.75 Å². The number of benzene rings is 1. The van der Waals surface area contributed by atoms with Crippen LogP contribution in [0.5, 0.6) is 5.75 Å². The standard InChI is InChI=1S/C18H16BrN3O2S/c1-24-14-7-6-12(19)8-11(14)9-21-22-10-20-17-16(18(22)23)13-4-2-3-5-15(13)25-17/h6-10H,2-5H2,1H3. The normalized spacial score (nSPS) is 14.2. The van der Waals surface area contributed by atoms with E-state index in [1.807, 2.05) is 18.2 Å². The Morgan fingerprint density at radius 1 is 1.36 bits per heavy atom. The highest BCUT2D eigenvalue weighted by atomic mass is 79.9. The third-order valence-electron chi connectivity index (χ3n) is 4.37. The molecule has 0 aliphatic heterocycles. The third-order valence-corrected chi connectivity index (χ3v) is 6.07. The topological polar surface area (TPSA) is 56.5 Å². The summed E-state index contributed by atoms with van der Waals surface area (Å²) in [5, 5.41) is 5.06. The fourth-order valence-corrected chi connectivity index (χ4v) is 4.75. The quantitative estimate of drug-likeness (QED) is 0.605. The van der Waals surface area contributed by atoms with Gasteiger partial charge in [-0.3, -0.25) is 4.79 Å². The number of methoxy groups -OCH3 is 1. The van der Waals surface area contributed by atoms with Crippen molar-refractivity contribution in [3.8, 4) is 5.75 Å². The number of rotatable bonds is 3. The number of nitrogens with zero attached hydrogens (tertiary/aromatic N) is 3. The van der Waals surface area contributed by atoms with E-state index in [2.05, 4.69) is 26.0 Å². The highest BCUT2D eigenvalue weighted by Gasteiger charge is 2.19. The molecule has 1 aliphatic carbocycles. The van der Waals surface area contributed by atoms with Gasteiger partial charge in [-0.1, -0.05) is 15.9 Å². The second-order valence-electron chi connectivity index (χ2n) is 5.92. The Kier molecular flexibility index (Phi) is 4.43. The van der Waals surface area contributed by atoms with Crippen LogP contribution in [0.25, 0.3) is 10.2 Å². The molecule has 0 spiro atoms. The number of aryl methyl sites for hydroxylation is 2. The minimum atomic E-state index is -0.102. The maximum absolute atomic E-state index is 12.9. The van der Waals surface area contributed by atoms with Gasteiger partial charge >= 0.3 is 0 Å². The average Bonchev–Trinajstić information content (AvgIpc) is 3.00. The molecule has 0 amide bonds. The maximum atomic E-state index is 12.9. The summed E-state index contributed by atoms with van der Waals surface area (Å²) >= 11 is 5.08. The van der Waals surface area contributed by atoms with E-state index in [-0.39, 0.29) is 5.56 Å². The number of hydrogen-bond donors (Lipinski definition) is 0. The summed E-state index contributed by atoms with van der Waals surface area (Å²) in [4.78, 5) is 19.5. The zero-order valence-electron chi connectivity index (χ0n) is 13.7. The number of thiophene rings is 1. The van der Waals surface area contributed by atoms with Crippen molar-refractivity contribution in [1.29, 1.82) is 0 Å². The van der Waals surface area contributed by atoms with Crippen molar-refractivity contribution in [3.05, 3.63) is 55.4 Å². The summed E-state index contributed by atoms with van der Waals surface area (Å²) in [5.41, 5.74) is 1.86. The highest BCUT2D eigenvalue weighted by molar-refractivity contribution is 9.10. The number of halogens is 1. The lowest BCUT2D eigenvalue weighted by atomic mass is 9.97. The van der Waals surface area contributed by atoms with Gasteiger partial charge in [-0.15, -0.1) is 11.3 Å². The third kappa shape index (κ3) is 3.02. The molecule has 0 fully saturated rings. The van der Waals surface area contributed by atoms with Gasteiger partial charge in [0.05, 0.1) is 18.7 Å².